The van der Waals surface area contributed by atoms with E-state index in [4.69, 9.17) is 4.74 Å². The summed E-state index contributed by atoms with van der Waals surface area (Å²) in [5, 5.41) is 6.05. The third-order valence-corrected chi connectivity index (χ3v) is 3.77. The van der Waals surface area contributed by atoms with E-state index < -0.39 is 0 Å². The molecule has 0 radical (unpaired) electrons. The molecule has 1 unspecified atom stereocenters. The van der Waals surface area contributed by atoms with Crippen molar-refractivity contribution < 1.29 is 9.53 Å². The summed E-state index contributed by atoms with van der Waals surface area (Å²) in [5.41, 5.74) is 0. The Hall–Kier alpha value is -0.770. The Morgan fingerprint density at radius 1 is 1.25 bits per heavy atom. The summed E-state index contributed by atoms with van der Waals surface area (Å²) in [6, 6.07) is 0.676. The number of ether oxygens (including phenoxy) is 1. The predicted molar refractivity (Wildman–Crippen MR) is 62.3 cm³/mol. The average molecular weight is 226 g/mol. The third kappa shape index (κ3) is 3.11. The summed E-state index contributed by atoms with van der Waals surface area (Å²) >= 11 is 0. The number of rotatable bonds is 3. The zero-order valence-corrected chi connectivity index (χ0v) is 10.00. The van der Waals surface area contributed by atoms with Crippen molar-refractivity contribution in [1.82, 2.24) is 10.6 Å². The number of nitrogens with one attached hydrogen (secondary N) is 2. The molecule has 0 bridgehead atoms. The SMILES string of the molecule is CC(NC(=O)NC1CCC1)C1CCOCC1. The molecule has 4 nitrogen and oxygen atoms in total. The largest absolute Gasteiger partial charge is 0.381 e. The summed E-state index contributed by atoms with van der Waals surface area (Å²) in [7, 11) is 0. The van der Waals surface area contributed by atoms with Crippen molar-refractivity contribution in [2.75, 3.05) is 13.2 Å². The molecule has 1 atom stereocenters. The van der Waals surface area contributed by atoms with Crippen LogP contribution in [0.1, 0.15) is 39.0 Å². The molecule has 2 amide bonds. The average Bonchev–Trinajstić information content (AvgIpc) is 2.25. The van der Waals surface area contributed by atoms with Gasteiger partial charge in [-0.1, -0.05) is 0 Å². The smallest absolute Gasteiger partial charge is 0.315 e. The highest BCUT2D eigenvalue weighted by Gasteiger charge is 2.24. The fourth-order valence-electron chi connectivity index (χ4n) is 2.32. The molecule has 1 heterocycles. The maximum absolute atomic E-state index is 11.6. The van der Waals surface area contributed by atoms with Crippen LogP contribution in [0.5, 0.6) is 0 Å². The molecule has 4 heteroatoms. The standard InChI is InChI=1S/C12H22N2O2/c1-9(10-5-7-16-8-6-10)13-12(15)14-11-3-2-4-11/h9-11H,2-8H2,1H3,(H2,13,14,15). The topological polar surface area (TPSA) is 50.4 Å². The van der Waals surface area contributed by atoms with Gasteiger partial charge in [0.25, 0.3) is 0 Å². The van der Waals surface area contributed by atoms with E-state index in [0.29, 0.717) is 12.0 Å². The highest BCUT2D eigenvalue weighted by Crippen LogP contribution is 2.19. The Balaban J connectivity index is 1.68. The third-order valence-electron chi connectivity index (χ3n) is 3.77. The molecule has 2 aliphatic rings. The lowest BCUT2D eigenvalue weighted by atomic mass is 9.92. The lowest BCUT2D eigenvalue weighted by molar-refractivity contribution is 0.0569. The van der Waals surface area contributed by atoms with Crippen LogP contribution >= 0.6 is 0 Å². The van der Waals surface area contributed by atoms with Crippen LogP contribution in [0.15, 0.2) is 0 Å². The van der Waals surface area contributed by atoms with Gasteiger partial charge in [0, 0.05) is 25.3 Å². The predicted octanol–water partition coefficient (Wildman–Crippen LogP) is 1.65. The van der Waals surface area contributed by atoms with Gasteiger partial charge in [-0.05, 0) is 44.9 Å². The first-order valence-electron chi connectivity index (χ1n) is 6.40. The van der Waals surface area contributed by atoms with E-state index in [-0.39, 0.29) is 12.1 Å². The van der Waals surface area contributed by atoms with Gasteiger partial charge in [-0.15, -0.1) is 0 Å². The second-order valence-corrected chi connectivity index (χ2v) is 4.98. The monoisotopic (exact) mass is 226 g/mol. The van der Waals surface area contributed by atoms with Crippen molar-refractivity contribution in [2.24, 2.45) is 5.92 Å². The number of urea groups is 1. The molecule has 1 aliphatic heterocycles. The zero-order valence-electron chi connectivity index (χ0n) is 10.00. The lowest BCUT2D eigenvalue weighted by Gasteiger charge is -2.31. The Kier molecular flexibility index (Phi) is 4.04. The molecule has 2 N–H and O–H groups in total. The van der Waals surface area contributed by atoms with Gasteiger partial charge in [-0.25, -0.2) is 4.79 Å². The Morgan fingerprint density at radius 3 is 2.50 bits per heavy atom. The Bertz CT molecular complexity index is 235. The fourth-order valence-corrected chi connectivity index (χ4v) is 2.32. The first kappa shape index (κ1) is 11.7. The summed E-state index contributed by atoms with van der Waals surface area (Å²) < 4.78 is 5.32. The minimum Gasteiger partial charge on any atom is -0.381 e. The van der Waals surface area contributed by atoms with Crippen molar-refractivity contribution in [1.29, 1.82) is 0 Å². The van der Waals surface area contributed by atoms with E-state index in [9.17, 15) is 4.79 Å². The van der Waals surface area contributed by atoms with Gasteiger partial charge in [0.2, 0.25) is 0 Å². The highest BCUT2D eigenvalue weighted by molar-refractivity contribution is 5.74. The van der Waals surface area contributed by atoms with Crippen LogP contribution in [-0.2, 0) is 4.74 Å². The van der Waals surface area contributed by atoms with Gasteiger partial charge >= 0.3 is 6.03 Å². The molecule has 2 rings (SSSR count). The first-order valence-corrected chi connectivity index (χ1v) is 6.40. The van der Waals surface area contributed by atoms with Crippen LogP contribution < -0.4 is 10.6 Å². The van der Waals surface area contributed by atoms with Gasteiger partial charge in [-0.3, -0.25) is 0 Å². The van der Waals surface area contributed by atoms with E-state index in [1.165, 1.54) is 6.42 Å². The van der Waals surface area contributed by atoms with Gasteiger partial charge in [0.15, 0.2) is 0 Å². The minimum atomic E-state index is 0.00342. The minimum absolute atomic E-state index is 0.00342. The molecule has 92 valence electrons. The molecular weight excluding hydrogens is 204 g/mol. The summed E-state index contributed by atoms with van der Waals surface area (Å²) in [6.45, 7) is 3.76. The first-order chi connectivity index (χ1) is 7.75. The van der Waals surface area contributed by atoms with Crippen LogP contribution in [-0.4, -0.2) is 31.3 Å². The highest BCUT2D eigenvalue weighted by atomic mass is 16.5. The van der Waals surface area contributed by atoms with Crippen molar-refractivity contribution in [3.05, 3.63) is 0 Å². The summed E-state index contributed by atoms with van der Waals surface area (Å²) in [6.07, 6.45) is 5.65. The van der Waals surface area contributed by atoms with Crippen LogP contribution in [0, 0.1) is 5.92 Å². The number of hydrogen-bond acceptors (Lipinski definition) is 2. The van der Waals surface area contributed by atoms with E-state index in [1.54, 1.807) is 0 Å². The summed E-state index contributed by atoms with van der Waals surface area (Å²) in [5.74, 6) is 0.570. The van der Waals surface area contributed by atoms with Crippen LogP contribution in [0.2, 0.25) is 0 Å². The quantitative estimate of drug-likeness (QED) is 0.769. The molecule has 1 aliphatic carbocycles. The van der Waals surface area contributed by atoms with Gasteiger partial charge in [0.1, 0.15) is 0 Å². The van der Waals surface area contributed by atoms with E-state index in [1.807, 2.05) is 0 Å². The lowest BCUT2D eigenvalue weighted by Crippen LogP contribution is -2.50. The van der Waals surface area contributed by atoms with Gasteiger partial charge < -0.3 is 15.4 Å². The normalized spacial score (nSPS) is 24.6. The van der Waals surface area contributed by atoms with Crippen molar-refractivity contribution in [3.8, 4) is 0 Å². The second-order valence-electron chi connectivity index (χ2n) is 4.98. The number of carbonyl (C=O) groups is 1. The number of hydrogen-bond donors (Lipinski definition) is 2. The van der Waals surface area contributed by atoms with Crippen molar-refractivity contribution in [3.63, 3.8) is 0 Å². The molecule has 0 aromatic heterocycles. The van der Waals surface area contributed by atoms with Gasteiger partial charge in [-0.2, -0.15) is 0 Å². The second kappa shape index (κ2) is 5.53. The molecule has 0 aromatic rings. The molecule has 1 saturated heterocycles. The van der Waals surface area contributed by atoms with Crippen molar-refractivity contribution >= 4 is 6.03 Å². The van der Waals surface area contributed by atoms with Gasteiger partial charge in [0.05, 0.1) is 0 Å². The molecule has 0 spiro atoms. The fraction of sp³-hybridized carbons (Fsp3) is 0.917. The van der Waals surface area contributed by atoms with E-state index in [2.05, 4.69) is 17.6 Å². The molecule has 16 heavy (non-hydrogen) atoms. The maximum atomic E-state index is 11.6. The molecule has 2 fully saturated rings. The van der Waals surface area contributed by atoms with E-state index >= 15 is 0 Å². The van der Waals surface area contributed by atoms with Crippen LogP contribution in [0.25, 0.3) is 0 Å². The Labute approximate surface area is 97.1 Å². The van der Waals surface area contributed by atoms with Crippen LogP contribution in [0.4, 0.5) is 4.79 Å². The molecular formula is C12H22N2O2. The Morgan fingerprint density at radius 2 is 1.94 bits per heavy atom. The molecule has 1 saturated carbocycles. The van der Waals surface area contributed by atoms with Crippen molar-refractivity contribution in [2.45, 2.75) is 51.1 Å². The molecule has 0 aromatic carbocycles. The number of amides is 2. The summed E-state index contributed by atoms with van der Waals surface area (Å²) in [4.78, 5) is 11.6. The number of carbonyl (C=O) groups excluding carboxylic acids is 1. The van der Waals surface area contributed by atoms with E-state index in [0.717, 1.165) is 38.9 Å². The zero-order chi connectivity index (χ0) is 11.4. The maximum Gasteiger partial charge on any atom is 0.315 e. The van der Waals surface area contributed by atoms with Crippen LogP contribution in [0.3, 0.4) is 0 Å².